The van der Waals surface area contributed by atoms with Crippen LogP contribution in [0.3, 0.4) is 0 Å². The predicted octanol–water partition coefficient (Wildman–Crippen LogP) is 7.08. The Labute approximate surface area is 208 Å². The smallest absolute Gasteiger partial charge is 0.254 e. The minimum Gasteiger partial charge on any atom is -0.439 e. The van der Waals surface area contributed by atoms with Crippen LogP contribution in [-0.4, -0.2) is 26.6 Å². The molecule has 0 aliphatic heterocycles. The van der Waals surface area contributed by atoms with Gasteiger partial charge < -0.3 is 9.64 Å². The van der Waals surface area contributed by atoms with Gasteiger partial charge in [-0.25, -0.2) is 4.68 Å². The van der Waals surface area contributed by atoms with E-state index in [1.807, 2.05) is 54.3 Å². The number of carbonyl (C=O) groups is 1. The van der Waals surface area contributed by atoms with E-state index in [4.69, 9.17) is 33.0 Å². The number of aryl methyl sites for hydroxylation is 1. The zero-order valence-electron chi connectivity index (χ0n) is 18.6. The Hall–Kier alpha value is -3.28. The molecular formula is C27H23Cl2N3O2. The molecule has 0 atom stereocenters. The molecule has 5 nitrogen and oxygen atoms in total. The fraction of sp³-hybridized carbons (Fsp3) is 0.185. The summed E-state index contributed by atoms with van der Waals surface area (Å²) in [4.78, 5) is 15.4. The Morgan fingerprint density at radius 1 is 0.971 bits per heavy atom. The highest BCUT2D eigenvalue weighted by molar-refractivity contribution is 6.30. The largest absolute Gasteiger partial charge is 0.439 e. The maximum atomic E-state index is 13.4. The quantitative estimate of drug-likeness (QED) is 0.277. The summed E-state index contributed by atoms with van der Waals surface area (Å²) < 4.78 is 8.15. The molecule has 1 saturated carbocycles. The summed E-state index contributed by atoms with van der Waals surface area (Å²) in [6.45, 7) is 2.34. The van der Waals surface area contributed by atoms with Crippen molar-refractivity contribution >= 4 is 29.1 Å². The first-order valence-electron chi connectivity index (χ1n) is 11.1. The van der Waals surface area contributed by atoms with Gasteiger partial charge in [-0.05, 0) is 80.4 Å². The maximum Gasteiger partial charge on any atom is 0.254 e. The van der Waals surface area contributed by atoms with E-state index in [1.165, 1.54) is 0 Å². The lowest BCUT2D eigenvalue weighted by Gasteiger charge is -2.23. The highest BCUT2D eigenvalue weighted by Crippen LogP contribution is 2.36. The molecule has 34 heavy (non-hydrogen) atoms. The SMILES string of the molecule is Cc1nn(-c2ccccc2)c(Oc2ccc(Cl)cc2)c1CN(C(=O)c1ccc(Cl)cc1)C1CC1. The zero-order valence-corrected chi connectivity index (χ0v) is 20.1. The summed E-state index contributed by atoms with van der Waals surface area (Å²) in [5.74, 6) is 1.20. The number of rotatable bonds is 7. The van der Waals surface area contributed by atoms with Gasteiger partial charge in [0.05, 0.1) is 23.5 Å². The number of aromatic nitrogens is 2. The number of amides is 1. The lowest BCUT2D eigenvalue weighted by molar-refractivity contribution is 0.0729. The first-order valence-corrected chi connectivity index (χ1v) is 11.9. The van der Waals surface area contributed by atoms with Crippen molar-refractivity contribution in [3.05, 3.63) is 106 Å². The number of nitrogens with zero attached hydrogens (tertiary/aromatic N) is 3. The molecule has 172 valence electrons. The first kappa shape index (κ1) is 22.5. The van der Waals surface area contributed by atoms with E-state index in [0.29, 0.717) is 33.8 Å². The zero-order chi connectivity index (χ0) is 23.7. The van der Waals surface area contributed by atoms with Crippen molar-refractivity contribution in [3.8, 4) is 17.3 Å². The maximum absolute atomic E-state index is 13.4. The van der Waals surface area contributed by atoms with Gasteiger partial charge in [-0.15, -0.1) is 0 Å². The van der Waals surface area contributed by atoms with Crippen LogP contribution >= 0.6 is 23.2 Å². The third-order valence-corrected chi connectivity index (χ3v) is 6.34. The van der Waals surface area contributed by atoms with E-state index in [9.17, 15) is 4.79 Å². The van der Waals surface area contributed by atoms with Crippen molar-refractivity contribution in [1.29, 1.82) is 0 Å². The molecule has 7 heteroatoms. The second-order valence-electron chi connectivity index (χ2n) is 8.34. The van der Waals surface area contributed by atoms with Gasteiger partial charge in [-0.2, -0.15) is 5.10 Å². The predicted molar refractivity (Wildman–Crippen MR) is 134 cm³/mol. The van der Waals surface area contributed by atoms with Gasteiger partial charge in [0.15, 0.2) is 0 Å². The fourth-order valence-electron chi connectivity index (χ4n) is 3.87. The summed E-state index contributed by atoms with van der Waals surface area (Å²) in [6.07, 6.45) is 1.97. The van der Waals surface area contributed by atoms with E-state index in [0.717, 1.165) is 29.8 Å². The van der Waals surface area contributed by atoms with E-state index in [2.05, 4.69) is 0 Å². The molecule has 5 rings (SSSR count). The van der Waals surface area contributed by atoms with Crippen LogP contribution in [0.4, 0.5) is 0 Å². The van der Waals surface area contributed by atoms with Gasteiger partial charge in [0, 0.05) is 21.7 Å². The molecule has 0 saturated heterocycles. The number of carbonyl (C=O) groups excluding carboxylic acids is 1. The van der Waals surface area contributed by atoms with Crippen LogP contribution in [0.5, 0.6) is 11.6 Å². The molecule has 1 aliphatic carbocycles. The lowest BCUT2D eigenvalue weighted by Crippen LogP contribution is -2.32. The Kier molecular flexibility index (Phi) is 6.31. The van der Waals surface area contributed by atoms with Gasteiger partial charge >= 0.3 is 0 Å². The monoisotopic (exact) mass is 491 g/mol. The minimum atomic E-state index is -0.0246. The van der Waals surface area contributed by atoms with Crippen molar-refractivity contribution in [2.24, 2.45) is 0 Å². The molecule has 1 fully saturated rings. The van der Waals surface area contributed by atoms with Crippen molar-refractivity contribution in [2.75, 3.05) is 0 Å². The summed E-state index contributed by atoms with van der Waals surface area (Å²) in [5.41, 5.74) is 3.17. The molecule has 1 amide bonds. The van der Waals surface area contributed by atoms with Crippen molar-refractivity contribution in [2.45, 2.75) is 32.4 Å². The Balaban J connectivity index is 1.54. The summed E-state index contributed by atoms with van der Waals surface area (Å²) >= 11 is 12.1. The van der Waals surface area contributed by atoms with Gasteiger partial charge in [0.2, 0.25) is 5.88 Å². The third kappa shape index (κ3) is 4.81. The number of hydrogen-bond acceptors (Lipinski definition) is 3. The average molecular weight is 492 g/mol. The van der Waals surface area contributed by atoms with Gasteiger partial charge in [0.25, 0.3) is 5.91 Å². The number of hydrogen-bond donors (Lipinski definition) is 0. The molecule has 0 spiro atoms. The van der Waals surface area contributed by atoms with E-state index < -0.39 is 0 Å². The summed E-state index contributed by atoms with van der Waals surface area (Å²) in [5, 5.41) is 6.02. The molecule has 3 aromatic carbocycles. The molecule has 4 aromatic rings. The van der Waals surface area contributed by atoms with Gasteiger partial charge in [-0.3, -0.25) is 4.79 Å². The average Bonchev–Trinajstić information content (AvgIpc) is 3.65. The highest BCUT2D eigenvalue weighted by atomic mass is 35.5. The number of para-hydroxylation sites is 1. The van der Waals surface area contributed by atoms with Gasteiger partial charge in [-0.1, -0.05) is 41.4 Å². The highest BCUT2D eigenvalue weighted by Gasteiger charge is 2.35. The van der Waals surface area contributed by atoms with Crippen molar-refractivity contribution in [3.63, 3.8) is 0 Å². The van der Waals surface area contributed by atoms with Crippen LogP contribution in [0.25, 0.3) is 5.69 Å². The Morgan fingerprint density at radius 2 is 1.59 bits per heavy atom. The van der Waals surface area contributed by atoms with Crippen molar-refractivity contribution in [1.82, 2.24) is 14.7 Å². The van der Waals surface area contributed by atoms with Crippen LogP contribution in [0.2, 0.25) is 10.0 Å². The molecule has 1 aromatic heterocycles. The molecule has 0 bridgehead atoms. The van der Waals surface area contributed by atoms with Crippen molar-refractivity contribution < 1.29 is 9.53 Å². The number of ether oxygens (including phenoxy) is 1. The molecular weight excluding hydrogens is 469 g/mol. The fourth-order valence-corrected chi connectivity index (χ4v) is 4.12. The number of halogens is 2. The van der Waals surface area contributed by atoms with E-state index in [1.54, 1.807) is 41.1 Å². The number of benzene rings is 3. The van der Waals surface area contributed by atoms with Gasteiger partial charge in [0.1, 0.15) is 5.75 Å². The normalized spacial score (nSPS) is 13.0. The third-order valence-electron chi connectivity index (χ3n) is 5.83. The van der Waals surface area contributed by atoms with Crippen LogP contribution in [0.1, 0.15) is 34.5 Å². The standard InChI is InChI=1S/C27H23Cl2N3O2/c1-18-25(17-31(22-13-14-22)26(33)19-7-9-20(28)10-8-19)27(34-24-15-11-21(29)12-16-24)32(30-18)23-5-3-2-4-6-23/h2-12,15-16,22H,13-14,17H2,1H3. The van der Waals surface area contributed by atoms with E-state index >= 15 is 0 Å². The van der Waals surface area contributed by atoms with Crippen LogP contribution in [0, 0.1) is 6.92 Å². The lowest BCUT2D eigenvalue weighted by atomic mass is 10.1. The second kappa shape index (κ2) is 9.53. The van der Waals surface area contributed by atoms with Crippen LogP contribution in [0.15, 0.2) is 78.9 Å². The molecule has 0 unspecified atom stereocenters. The Morgan fingerprint density at radius 3 is 2.21 bits per heavy atom. The molecule has 1 aliphatic rings. The minimum absolute atomic E-state index is 0.0246. The molecule has 1 heterocycles. The molecule has 0 radical (unpaired) electrons. The second-order valence-corrected chi connectivity index (χ2v) is 9.22. The Bertz CT molecular complexity index is 1300. The van der Waals surface area contributed by atoms with Crippen LogP contribution < -0.4 is 4.74 Å². The van der Waals surface area contributed by atoms with Crippen LogP contribution in [-0.2, 0) is 6.54 Å². The van der Waals surface area contributed by atoms with E-state index in [-0.39, 0.29) is 11.9 Å². The summed E-state index contributed by atoms with van der Waals surface area (Å²) in [7, 11) is 0. The molecule has 0 N–H and O–H groups in total. The topological polar surface area (TPSA) is 47.4 Å². The first-order chi connectivity index (χ1) is 16.5. The summed E-state index contributed by atoms with van der Waals surface area (Å²) in [6, 6.07) is 24.3.